The maximum Gasteiger partial charge on any atom is 0.276 e. The zero-order valence-electron chi connectivity index (χ0n) is 17.6. The van der Waals surface area contributed by atoms with Crippen molar-refractivity contribution >= 4 is 45.3 Å². The van der Waals surface area contributed by atoms with Crippen LogP contribution < -0.4 is 15.4 Å². The fourth-order valence-electron chi connectivity index (χ4n) is 3.53. The second-order valence-electron chi connectivity index (χ2n) is 7.34. The Hall–Kier alpha value is -4.72. The number of imidazole rings is 1. The number of pyridine rings is 1. The predicted molar refractivity (Wildman–Crippen MR) is 127 cm³/mol. The monoisotopic (exact) mass is 437 g/mol. The quantitative estimate of drug-likeness (QED) is 0.372. The number of ether oxygens (including phenoxy) is 1. The number of benzene rings is 3. The van der Waals surface area contributed by atoms with Crippen molar-refractivity contribution in [3.8, 4) is 5.75 Å². The molecule has 3 aromatic carbocycles. The van der Waals surface area contributed by atoms with E-state index in [0.29, 0.717) is 28.0 Å². The van der Waals surface area contributed by atoms with E-state index in [9.17, 15) is 9.59 Å². The van der Waals surface area contributed by atoms with Crippen LogP contribution in [0.4, 0.5) is 11.6 Å². The average molecular weight is 437 g/mol. The molecule has 0 aliphatic carbocycles. The second kappa shape index (κ2) is 8.43. The lowest BCUT2D eigenvalue weighted by atomic mass is 10.1. The number of carbonyl (C=O) groups excluding carboxylic acids is 2. The van der Waals surface area contributed by atoms with E-state index in [0.717, 1.165) is 10.8 Å². The Labute approximate surface area is 188 Å². The van der Waals surface area contributed by atoms with E-state index < -0.39 is 5.91 Å². The maximum atomic E-state index is 12.9. The van der Waals surface area contributed by atoms with Crippen molar-refractivity contribution in [2.75, 3.05) is 17.7 Å². The highest BCUT2D eigenvalue weighted by Gasteiger charge is 2.16. The minimum Gasteiger partial charge on any atom is -0.497 e. The molecule has 0 saturated carbocycles. The summed E-state index contributed by atoms with van der Waals surface area (Å²) in [6.07, 6.45) is 1.66. The third-order valence-electron chi connectivity index (χ3n) is 5.20. The molecule has 2 heterocycles. The van der Waals surface area contributed by atoms with Crippen LogP contribution in [0.1, 0.15) is 20.8 Å². The summed E-state index contributed by atoms with van der Waals surface area (Å²) in [5, 5.41) is 7.44. The molecule has 5 rings (SSSR count). The molecular formula is C25H19N5O3. The highest BCUT2D eigenvalue weighted by atomic mass is 16.5. The first-order valence-electron chi connectivity index (χ1n) is 10.2. The van der Waals surface area contributed by atoms with Crippen LogP contribution in [-0.2, 0) is 0 Å². The minimum absolute atomic E-state index is 0.231. The third kappa shape index (κ3) is 4.09. The van der Waals surface area contributed by atoms with Crippen LogP contribution in [0, 0.1) is 0 Å². The number of aromatic amines is 1. The lowest BCUT2D eigenvalue weighted by Gasteiger charge is -2.06. The summed E-state index contributed by atoms with van der Waals surface area (Å²) in [6, 6.07) is 21.6. The number of aromatic nitrogens is 3. The van der Waals surface area contributed by atoms with Gasteiger partial charge < -0.3 is 15.0 Å². The Bertz CT molecular complexity index is 1490. The largest absolute Gasteiger partial charge is 0.497 e. The zero-order valence-corrected chi connectivity index (χ0v) is 17.6. The van der Waals surface area contributed by atoms with Crippen molar-refractivity contribution in [2.45, 2.75) is 0 Å². The van der Waals surface area contributed by atoms with Gasteiger partial charge in [0, 0.05) is 17.3 Å². The molecule has 0 spiro atoms. The number of rotatable bonds is 5. The van der Waals surface area contributed by atoms with Gasteiger partial charge in [0.05, 0.1) is 18.2 Å². The van der Waals surface area contributed by atoms with Crippen LogP contribution in [0.2, 0.25) is 0 Å². The number of hydrogen-bond donors (Lipinski definition) is 3. The summed E-state index contributed by atoms with van der Waals surface area (Å²) in [7, 11) is 1.58. The standard InChI is InChI=1S/C25H19N5O3/c1-33-18-11-9-17(10-12-18)27-23(31)19-7-4-8-20-22(19)29-25(28-20)30-24(32)21-13-15-5-2-3-6-16(15)14-26-21/h2-14H,1H3,(H,27,31)(H2,28,29,30,32). The van der Waals surface area contributed by atoms with Gasteiger partial charge in [-0.2, -0.15) is 0 Å². The van der Waals surface area contributed by atoms with Crippen LogP contribution in [0.25, 0.3) is 21.8 Å². The van der Waals surface area contributed by atoms with Gasteiger partial charge in [-0.15, -0.1) is 0 Å². The van der Waals surface area contributed by atoms with Gasteiger partial charge in [-0.1, -0.05) is 30.3 Å². The number of amides is 2. The van der Waals surface area contributed by atoms with E-state index in [-0.39, 0.29) is 17.5 Å². The van der Waals surface area contributed by atoms with Crippen molar-refractivity contribution in [1.29, 1.82) is 0 Å². The number of H-pyrrole nitrogens is 1. The van der Waals surface area contributed by atoms with Crippen LogP contribution in [0.3, 0.4) is 0 Å². The number of carbonyl (C=O) groups is 2. The first-order valence-corrected chi connectivity index (χ1v) is 10.2. The van der Waals surface area contributed by atoms with Gasteiger partial charge in [0.25, 0.3) is 11.8 Å². The number of anilines is 2. The van der Waals surface area contributed by atoms with Gasteiger partial charge >= 0.3 is 0 Å². The van der Waals surface area contributed by atoms with Crippen molar-refractivity contribution in [2.24, 2.45) is 0 Å². The Morgan fingerprint density at radius 3 is 2.45 bits per heavy atom. The van der Waals surface area contributed by atoms with Crippen LogP contribution in [-0.4, -0.2) is 33.9 Å². The molecule has 8 nitrogen and oxygen atoms in total. The summed E-state index contributed by atoms with van der Waals surface area (Å²) >= 11 is 0. The summed E-state index contributed by atoms with van der Waals surface area (Å²) in [4.78, 5) is 37.3. The van der Waals surface area contributed by atoms with Gasteiger partial charge in [-0.05, 0) is 47.9 Å². The van der Waals surface area contributed by atoms with Crippen LogP contribution >= 0.6 is 0 Å². The summed E-state index contributed by atoms with van der Waals surface area (Å²) in [5.41, 5.74) is 2.35. The second-order valence-corrected chi connectivity index (χ2v) is 7.34. The van der Waals surface area contributed by atoms with Gasteiger partial charge in [-0.25, -0.2) is 4.98 Å². The summed E-state index contributed by atoms with van der Waals surface area (Å²) in [6.45, 7) is 0. The smallest absolute Gasteiger partial charge is 0.276 e. The lowest BCUT2D eigenvalue weighted by Crippen LogP contribution is -2.14. The SMILES string of the molecule is COc1ccc(NC(=O)c2cccc3[nH]c(NC(=O)c4cc5ccccc5cn4)nc23)cc1. The first-order chi connectivity index (χ1) is 16.1. The molecule has 0 fully saturated rings. The fraction of sp³-hybridized carbons (Fsp3) is 0.0400. The molecule has 8 heteroatoms. The third-order valence-corrected chi connectivity index (χ3v) is 5.20. The first kappa shape index (κ1) is 20.2. The number of methoxy groups -OCH3 is 1. The molecule has 0 aliphatic heterocycles. The van der Waals surface area contributed by atoms with Crippen molar-refractivity contribution in [1.82, 2.24) is 15.0 Å². The molecule has 0 saturated heterocycles. The lowest BCUT2D eigenvalue weighted by molar-refractivity contribution is 0.101. The van der Waals surface area contributed by atoms with Crippen LogP contribution in [0.5, 0.6) is 5.75 Å². The van der Waals surface area contributed by atoms with Crippen molar-refractivity contribution in [3.63, 3.8) is 0 Å². The Morgan fingerprint density at radius 2 is 1.67 bits per heavy atom. The van der Waals surface area contributed by atoms with E-state index in [1.54, 1.807) is 61.8 Å². The number of hydrogen-bond acceptors (Lipinski definition) is 5. The molecule has 0 bridgehead atoms. The Morgan fingerprint density at radius 1 is 0.879 bits per heavy atom. The summed E-state index contributed by atoms with van der Waals surface area (Å²) < 4.78 is 5.14. The molecule has 0 radical (unpaired) electrons. The molecule has 162 valence electrons. The normalized spacial score (nSPS) is 10.8. The van der Waals surface area contributed by atoms with E-state index in [1.165, 1.54) is 0 Å². The highest BCUT2D eigenvalue weighted by molar-refractivity contribution is 6.12. The van der Waals surface area contributed by atoms with Crippen molar-refractivity contribution in [3.05, 3.63) is 90.3 Å². The number of fused-ring (bicyclic) bond motifs is 2. The van der Waals surface area contributed by atoms with Gasteiger partial charge in [-0.3, -0.25) is 19.9 Å². The molecule has 33 heavy (non-hydrogen) atoms. The van der Waals surface area contributed by atoms with E-state index in [4.69, 9.17) is 4.74 Å². The number of para-hydroxylation sites is 1. The molecule has 0 atom stereocenters. The molecule has 3 N–H and O–H groups in total. The van der Waals surface area contributed by atoms with Gasteiger partial charge in [0.2, 0.25) is 5.95 Å². The van der Waals surface area contributed by atoms with E-state index in [2.05, 4.69) is 25.6 Å². The highest BCUT2D eigenvalue weighted by Crippen LogP contribution is 2.22. The average Bonchev–Trinajstić information content (AvgIpc) is 3.26. The maximum absolute atomic E-state index is 12.9. The topological polar surface area (TPSA) is 109 Å². The van der Waals surface area contributed by atoms with Gasteiger partial charge in [0.1, 0.15) is 17.0 Å². The fourth-order valence-corrected chi connectivity index (χ4v) is 3.53. The molecule has 2 amide bonds. The molecular weight excluding hydrogens is 418 g/mol. The van der Waals surface area contributed by atoms with Gasteiger partial charge in [0.15, 0.2) is 0 Å². The number of nitrogens with one attached hydrogen (secondary N) is 3. The summed E-state index contributed by atoms with van der Waals surface area (Å²) in [5.74, 6) is 0.216. The Kier molecular flexibility index (Phi) is 5.16. The van der Waals surface area contributed by atoms with Crippen molar-refractivity contribution < 1.29 is 14.3 Å². The number of nitrogens with zero attached hydrogens (tertiary/aromatic N) is 2. The molecule has 0 aliphatic rings. The molecule has 0 unspecified atom stereocenters. The minimum atomic E-state index is -0.399. The van der Waals surface area contributed by atoms with E-state index >= 15 is 0 Å². The van der Waals surface area contributed by atoms with E-state index in [1.807, 2.05) is 24.3 Å². The molecule has 5 aromatic rings. The molecule has 2 aromatic heterocycles. The van der Waals surface area contributed by atoms with Crippen LogP contribution in [0.15, 0.2) is 79.0 Å². The predicted octanol–water partition coefficient (Wildman–Crippen LogP) is 4.62. The zero-order chi connectivity index (χ0) is 22.8. The Balaban J connectivity index is 1.38.